The maximum Gasteiger partial charge on any atom is 0.276 e. The highest BCUT2D eigenvalue weighted by atomic mass is 16.6. The Balaban J connectivity index is 2.26. The van der Waals surface area contributed by atoms with Crippen LogP contribution < -0.4 is 10.2 Å². The van der Waals surface area contributed by atoms with E-state index in [0.29, 0.717) is 24.7 Å². The summed E-state index contributed by atoms with van der Waals surface area (Å²) in [5, 5.41) is 14.0. The van der Waals surface area contributed by atoms with Crippen molar-refractivity contribution in [2.45, 2.75) is 13.5 Å². The van der Waals surface area contributed by atoms with Crippen molar-refractivity contribution < 1.29 is 4.92 Å². The molecule has 0 spiro atoms. The number of hydrogen-bond acceptors (Lipinski definition) is 5. The molecule has 0 radical (unpaired) electrons. The third-order valence-electron chi connectivity index (χ3n) is 3.02. The molecule has 21 heavy (non-hydrogen) atoms. The SMILES string of the molecule is CCNc1cc([N+](=O)[O-])cc(N(C)Cc2ccccc2)n1. The van der Waals surface area contributed by atoms with Gasteiger partial charge in [-0.1, -0.05) is 30.3 Å². The number of rotatable bonds is 6. The summed E-state index contributed by atoms with van der Waals surface area (Å²) in [5.74, 6) is 1.09. The maximum atomic E-state index is 11.0. The molecule has 0 aliphatic rings. The molecular formula is C15H18N4O2. The summed E-state index contributed by atoms with van der Waals surface area (Å²) in [6.45, 7) is 3.23. The van der Waals surface area contributed by atoms with E-state index in [9.17, 15) is 10.1 Å². The Bertz CT molecular complexity index is 616. The molecule has 2 aromatic rings. The first-order valence-electron chi connectivity index (χ1n) is 6.75. The molecule has 0 atom stereocenters. The zero-order valence-electron chi connectivity index (χ0n) is 12.1. The lowest BCUT2D eigenvalue weighted by atomic mass is 10.2. The van der Waals surface area contributed by atoms with Crippen molar-refractivity contribution in [1.82, 2.24) is 4.98 Å². The van der Waals surface area contributed by atoms with Gasteiger partial charge < -0.3 is 10.2 Å². The van der Waals surface area contributed by atoms with Crippen LogP contribution in [0, 0.1) is 10.1 Å². The minimum atomic E-state index is -0.400. The van der Waals surface area contributed by atoms with Gasteiger partial charge in [0.15, 0.2) is 0 Å². The molecule has 1 N–H and O–H groups in total. The molecule has 0 unspecified atom stereocenters. The van der Waals surface area contributed by atoms with E-state index in [1.807, 2.05) is 49.2 Å². The van der Waals surface area contributed by atoms with Gasteiger partial charge in [0.1, 0.15) is 11.6 Å². The minimum Gasteiger partial charge on any atom is -0.370 e. The van der Waals surface area contributed by atoms with Gasteiger partial charge in [-0.15, -0.1) is 0 Å². The number of nitro groups is 1. The molecule has 1 aromatic carbocycles. The number of benzene rings is 1. The molecule has 6 nitrogen and oxygen atoms in total. The van der Waals surface area contributed by atoms with Crippen LogP contribution in [0.1, 0.15) is 12.5 Å². The fraction of sp³-hybridized carbons (Fsp3) is 0.267. The first kappa shape index (κ1) is 14.8. The van der Waals surface area contributed by atoms with Crippen molar-refractivity contribution in [1.29, 1.82) is 0 Å². The molecule has 0 bridgehead atoms. The molecule has 6 heteroatoms. The smallest absolute Gasteiger partial charge is 0.276 e. The number of pyridine rings is 1. The molecular weight excluding hydrogens is 268 g/mol. The van der Waals surface area contributed by atoms with Crippen molar-refractivity contribution in [2.24, 2.45) is 0 Å². The van der Waals surface area contributed by atoms with Gasteiger partial charge in [0.25, 0.3) is 5.69 Å². The van der Waals surface area contributed by atoms with E-state index in [0.717, 1.165) is 5.56 Å². The van der Waals surface area contributed by atoms with Crippen molar-refractivity contribution in [3.05, 3.63) is 58.1 Å². The van der Waals surface area contributed by atoms with Crippen LogP contribution in [0.4, 0.5) is 17.3 Å². The Labute approximate surface area is 123 Å². The van der Waals surface area contributed by atoms with Gasteiger partial charge in [0, 0.05) is 20.1 Å². The molecule has 0 saturated heterocycles. The van der Waals surface area contributed by atoms with Gasteiger partial charge in [0.05, 0.1) is 17.1 Å². The lowest BCUT2D eigenvalue weighted by Gasteiger charge is -2.19. The summed E-state index contributed by atoms with van der Waals surface area (Å²) in [4.78, 5) is 16.9. The fourth-order valence-electron chi connectivity index (χ4n) is 2.01. The average molecular weight is 286 g/mol. The Kier molecular flexibility index (Phi) is 4.71. The molecule has 2 rings (SSSR count). The summed E-state index contributed by atoms with van der Waals surface area (Å²) in [5.41, 5.74) is 1.16. The fourth-order valence-corrected chi connectivity index (χ4v) is 2.01. The van der Waals surface area contributed by atoms with Crippen molar-refractivity contribution in [3.8, 4) is 0 Å². The molecule has 0 aliphatic carbocycles. The van der Waals surface area contributed by atoms with Crippen LogP contribution in [0.15, 0.2) is 42.5 Å². The van der Waals surface area contributed by atoms with E-state index in [1.54, 1.807) is 0 Å². The normalized spacial score (nSPS) is 10.2. The number of aromatic nitrogens is 1. The highest BCUT2D eigenvalue weighted by Crippen LogP contribution is 2.23. The second-order valence-electron chi connectivity index (χ2n) is 4.70. The van der Waals surface area contributed by atoms with E-state index in [2.05, 4.69) is 10.3 Å². The van der Waals surface area contributed by atoms with Gasteiger partial charge in [0.2, 0.25) is 0 Å². The lowest BCUT2D eigenvalue weighted by molar-refractivity contribution is -0.384. The Morgan fingerprint density at radius 2 is 2.00 bits per heavy atom. The summed E-state index contributed by atoms with van der Waals surface area (Å²) < 4.78 is 0. The highest BCUT2D eigenvalue weighted by molar-refractivity contribution is 5.55. The molecule has 0 fully saturated rings. The predicted molar refractivity (Wildman–Crippen MR) is 83.6 cm³/mol. The van der Waals surface area contributed by atoms with Crippen molar-refractivity contribution in [2.75, 3.05) is 23.8 Å². The molecule has 0 saturated carbocycles. The Morgan fingerprint density at radius 3 is 2.62 bits per heavy atom. The molecule has 1 aromatic heterocycles. The van der Waals surface area contributed by atoms with Crippen LogP contribution in [0.3, 0.4) is 0 Å². The summed E-state index contributed by atoms with van der Waals surface area (Å²) in [7, 11) is 1.87. The Hall–Kier alpha value is -2.63. The van der Waals surface area contributed by atoms with E-state index in [4.69, 9.17) is 0 Å². The lowest BCUT2D eigenvalue weighted by Crippen LogP contribution is -2.18. The zero-order chi connectivity index (χ0) is 15.2. The maximum absolute atomic E-state index is 11.0. The van der Waals surface area contributed by atoms with Gasteiger partial charge in [-0.2, -0.15) is 0 Å². The van der Waals surface area contributed by atoms with Gasteiger partial charge in [-0.3, -0.25) is 10.1 Å². The molecule has 0 amide bonds. The standard InChI is InChI=1S/C15H18N4O2/c1-3-16-14-9-13(19(20)21)10-15(17-14)18(2)11-12-7-5-4-6-8-12/h4-10H,3,11H2,1-2H3,(H,16,17). The van der Waals surface area contributed by atoms with E-state index in [1.165, 1.54) is 12.1 Å². The van der Waals surface area contributed by atoms with E-state index < -0.39 is 4.92 Å². The second kappa shape index (κ2) is 6.69. The quantitative estimate of drug-likeness (QED) is 0.652. The number of anilines is 2. The highest BCUT2D eigenvalue weighted by Gasteiger charge is 2.13. The van der Waals surface area contributed by atoms with Crippen LogP contribution in [0.25, 0.3) is 0 Å². The van der Waals surface area contributed by atoms with Crippen LogP contribution in [0.5, 0.6) is 0 Å². The third-order valence-corrected chi connectivity index (χ3v) is 3.02. The first-order valence-corrected chi connectivity index (χ1v) is 6.75. The molecule has 110 valence electrons. The first-order chi connectivity index (χ1) is 10.1. The predicted octanol–water partition coefficient (Wildman–Crippen LogP) is 3.06. The van der Waals surface area contributed by atoms with Crippen molar-refractivity contribution in [3.63, 3.8) is 0 Å². The Morgan fingerprint density at radius 1 is 1.29 bits per heavy atom. The number of nitrogens with zero attached hydrogens (tertiary/aromatic N) is 3. The van der Waals surface area contributed by atoms with E-state index in [-0.39, 0.29) is 5.69 Å². The molecule has 1 heterocycles. The van der Waals surface area contributed by atoms with Crippen LogP contribution >= 0.6 is 0 Å². The average Bonchev–Trinajstić information content (AvgIpc) is 2.48. The third kappa shape index (κ3) is 3.92. The minimum absolute atomic E-state index is 0.0378. The largest absolute Gasteiger partial charge is 0.370 e. The van der Waals surface area contributed by atoms with Gasteiger partial charge in [-0.25, -0.2) is 4.98 Å². The summed E-state index contributed by atoms with van der Waals surface area (Å²) >= 11 is 0. The molecule has 0 aliphatic heterocycles. The van der Waals surface area contributed by atoms with Crippen LogP contribution in [-0.4, -0.2) is 23.5 Å². The van der Waals surface area contributed by atoms with Gasteiger partial charge >= 0.3 is 0 Å². The number of hydrogen-bond donors (Lipinski definition) is 1. The van der Waals surface area contributed by atoms with Crippen LogP contribution in [0.2, 0.25) is 0 Å². The topological polar surface area (TPSA) is 71.3 Å². The van der Waals surface area contributed by atoms with Gasteiger partial charge in [-0.05, 0) is 12.5 Å². The second-order valence-corrected chi connectivity index (χ2v) is 4.70. The zero-order valence-corrected chi connectivity index (χ0v) is 12.1. The van der Waals surface area contributed by atoms with Crippen molar-refractivity contribution >= 4 is 17.3 Å². The van der Waals surface area contributed by atoms with Crippen LogP contribution in [-0.2, 0) is 6.54 Å². The van der Waals surface area contributed by atoms with E-state index >= 15 is 0 Å². The summed E-state index contributed by atoms with van der Waals surface area (Å²) in [6.07, 6.45) is 0. The monoisotopic (exact) mass is 286 g/mol. The number of nitrogens with one attached hydrogen (secondary N) is 1. The summed E-state index contributed by atoms with van der Waals surface area (Å²) in [6, 6.07) is 12.9.